The Bertz CT molecular complexity index is 1060. The molecule has 2 aromatic heterocycles. The van der Waals surface area contributed by atoms with Crippen LogP contribution in [0, 0.1) is 13.8 Å². The topological polar surface area (TPSA) is 103 Å². The second-order valence-corrected chi connectivity index (χ2v) is 8.36. The molecular weight excluding hydrogens is 366 g/mol. The normalized spacial score (nSPS) is 14.6. The number of aromatic nitrogens is 4. The van der Waals surface area contributed by atoms with Gasteiger partial charge in [0.25, 0.3) is 10.0 Å². The third kappa shape index (κ3) is 3.34. The van der Waals surface area contributed by atoms with E-state index in [2.05, 4.69) is 24.6 Å². The summed E-state index contributed by atoms with van der Waals surface area (Å²) in [6.45, 7) is 4.07. The predicted octanol–water partition coefficient (Wildman–Crippen LogP) is 3.08. The summed E-state index contributed by atoms with van der Waals surface area (Å²) in [5, 5.41) is 12.4. The molecule has 3 aromatic rings. The fraction of sp³-hybridized carbons (Fsp3) is 0.389. The Kier molecular flexibility index (Phi) is 4.47. The monoisotopic (exact) mass is 387 g/mol. The molecule has 0 bridgehead atoms. The number of fused-ring (bicyclic) bond motifs is 1. The molecule has 0 saturated carbocycles. The van der Waals surface area contributed by atoms with E-state index in [1.54, 1.807) is 32.0 Å². The van der Waals surface area contributed by atoms with Gasteiger partial charge in [-0.3, -0.25) is 4.72 Å². The van der Waals surface area contributed by atoms with Crippen molar-refractivity contribution in [3.05, 3.63) is 41.5 Å². The molecule has 1 aromatic carbocycles. The largest absolute Gasteiger partial charge is 0.360 e. The van der Waals surface area contributed by atoms with Crippen LogP contribution in [0.3, 0.4) is 0 Å². The lowest BCUT2D eigenvalue weighted by Crippen LogP contribution is -2.14. The highest BCUT2D eigenvalue weighted by Crippen LogP contribution is 2.27. The quantitative estimate of drug-likeness (QED) is 0.738. The van der Waals surface area contributed by atoms with Gasteiger partial charge in [0.15, 0.2) is 16.5 Å². The lowest BCUT2D eigenvalue weighted by Gasteiger charge is -2.10. The lowest BCUT2D eigenvalue weighted by atomic mass is 10.2. The van der Waals surface area contributed by atoms with Crippen LogP contribution in [0.15, 0.2) is 33.7 Å². The molecule has 0 unspecified atom stereocenters. The highest BCUT2D eigenvalue weighted by molar-refractivity contribution is 7.92. The van der Waals surface area contributed by atoms with Crippen molar-refractivity contribution >= 4 is 15.7 Å². The Hall–Kier alpha value is -2.68. The molecule has 142 valence electrons. The molecule has 3 heterocycles. The van der Waals surface area contributed by atoms with Crippen molar-refractivity contribution in [2.24, 2.45) is 0 Å². The van der Waals surface area contributed by atoms with Crippen LogP contribution in [0.25, 0.3) is 11.4 Å². The lowest BCUT2D eigenvalue weighted by molar-refractivity contribution is 0.390. The van der Waals surface area contributed by atoms with E-state index >= 15 is 0 Å². The first-order valence-corrected chi connectivity index (χ1v) is 10.4. The van der Waals surface area contributed by atoms with Crippen molar-refractivity contribution in [2.45, 2.75) is 51.0 Å². The van der Waals surface area contributed by atoms with Gasteiger partial charge in [-0.05, 0) is 38.8 Å². The number of aryl methyl sites for hydroxylation is 3. The van der Waals surface area contributed by atoms with Gasteiger partial charge in [-0.1, -0.05) is 23.7 Å². The van der Waals surface area contributed by atoms with Crippen molar-refractivity contribution in [1.29, 1.82) is 0 Å². The van der Waals surface area contributed by atoms with E-state index in [1.807, 2.05) is 6.07 Å². The first-order valence-electron chi connectivity index (χ1n) is 8.94. The molecule has 0 spiro atoms. The average Bonchev–Trinajstić information content (AvgIpc) is 3.09. The Morgan fingerprint density at radius 1 is 1.15 bits per heavy atom. The van der Waals surface area contributed by atoms with Crippen molar-refractivity contribution < 1.29 is 12.9 Å². The molecule has 0 aliphatic carbocycles. The van der Waals surface area contributed by atoms with Crippen LogP contribution in [0.1, 0.15) is 36.5 Å². The van der Waals surface area contributed by atoms with Crippen molar-refractivity contribution in [3.63, 3.8) is 0 Å². The number of hydrogen-bond donors (Lipinski definition) is 1. The summed E-state index contributed by atoms with van der Waals surface area (Å²) in [5.41, 5.74) is 1.62. The van der Waals surface area contributed by atoms with Crippen molar-refractivity contribution in [3.8, 4) is 11.4 Å². The van der Waals surface area contributed by atoms with Crippen LogP contribution in [0.2, 0.25) is 0 Å². The molecule has 9 heteroatoms. The number of nitrogens with zero attached hydrogens (tertiary/aromatic N) is 4. The summed E-state index contributed by atoms with van der Waals surface area (Å²) in [7, 11) is -3.79. The maximum absolute atomic E-state index is 12.7. The van der Waals surface area contributed by atoms with Crippen LogP contribution in [0.5, 0.6) is 0 Å². The molecule has 27 heavy (non-hydrogen) atoms. The van der Waals surface area contributed by atoms with Gasteiger partial charge in [-0.15, -0.1) is 10.2 Å². The van der Waals surface area contributed by atoms with E-state index in [4.69, 9.17) is 4.52 Å². The molecule has 0 atom stereocenters. The Balaban J connectivity index is 1.67. The van der Waals surface area contributed by atoms with Gasteiger partial charge in [0.2, 0.25) is 0 Å². The maximum Gasteiger partial charge on any atom is 0.267 e. The minimum Gasteiger partial charge on any atom is -0.360 e. The smallest absolute Gasteiger partial charge is 0.267 e. The van der Waals surface area contributed by atoms with Crippen LogP contribution in [-0.2, 0) is 23.0 Å². The first kappa shape index (κ1) is 17.7. The van der Waals surface area contributed by atoms with E-state index in [1.165, 1.54) is 6.42 Å². The fourth-order valence-electron chi connectivity index (χ4n) is 3.48. The first-order chi connectivity index (χ1) is 13.0. The summed E-state index contributed by atoms with van der Waals surface area (Å²) < 4.78 is 35.2. The highest BCUT2D eigenvalue weighted by atomic mass is 32.2. The summed E-state index contributed by atoms with van der Waals surface area (Å²) in [6.07, 6.45) is 4.32. The van der Waals surface area contributed by atoms with Gasteiger partial charge in [0.05, 0.1) is 0 Å². The van der Waals surface area contributed by atoms with E-state index in [-0.39, 0.29) is 10.7 Å². The van der Waals surface area contributed by atoms with E-state index in [9.17, 15) is 8.42 Å². The minimum atomic E-state index is -3.79. The zero-order valence-corrected chi connectivity index (χ0v) is 16.1. The van der Waals surface area contributed by atoms with Gasteiger partial charge >= 0.3 is 0 Å². The average molecular weight is 387 g/mol. The number of anilines is 1. The highest BCUT2D eigenvalue weighted by Gasteiger charge is 2.24. The third-order valence-corrected chi connectivity index (χ3v) is 6.34. The summed E-state index contributed by atoms with van der Waals surface area (Å²) in [5.74, 6) is 2.02. The summed E-state index contributed by atoms with van der Waals surface area (Å²) in [6, 6.07) is 7.20. The standard InChI is InChI=1S/C18H21N5O3S/c1-12-17(13(2)26-21-12)27(24,25)22-15-8-6-7-14(11-15)18-20-19-16-9-4-3-5-10-23(16)18/h6-8,11,22H,3-5,9-10H2,1-2H3. The second-order valence-electron chi connectivity index (χ2n) is 6.74. The molecular formula is C18H21N5O3S. The van der Waals surface area contributed by atoms with Crippen LogP contribution in [-0.4, -0.2) is 28.3 Å². The molecule has 1 N–H and O–H groups in total. The molecule has 8 nitrogen and oxygen atoms in total. The Morgan fingerprint density at radius 3 is 2.78 bits per heavy atom. The zero-order chi connectivity index (χ0) is 19.0. The van der Waals surface area contributed by atoms with Gasteiger partial charge in [-0.2, -0.15) is 0 Å². The van der Waals surface area contributed by atoms with Gasteiger partial charge in [0.1, 0.15) is 11.5 Å². The maximum atomic E-state index is 12.7. The zero-order valence-electron chi connectivity index (χ0n) is 15.3. The number of rotatable bonds is 4. The minimum absolute atomic E-state index is 0.0734. The summed E-state index contributed by atoms with van der Waals surface area (Å²) >= 11 is 0. The molecule has 0 saturated heterocycles. The second kappa shape index (κ2) is 6.80. The fourth-order valence-corrected chi connectivity index (χ4v) is 4.87. The van der Waals surface area contributed by atoms with E-state index < -0.39 is 10.0 Å². The molecule has 1 aliphatic rings. The summed E-state index contributed by atoms with van der Waals surface area (Å²) in [4.78, 5) is 0.0734. The van der Waals surface area contributed by atoms with Crippen LogP contribution >= 0.6 is 0 Å². The molecule has 0 fully saturated rings. The van der Waals surface area contributed by atoms with Gasteiger partial charge < -0.3 is 9.09 Å². The Labute approximate surface area is 157 Å². The number of benzene rings is 1. The third-order valence-electron chi connectivity index (χ3n) is 4.72. The van der Waals surface area contributed by atoms with Gasteiger partial charge in [-0.25, -0.2) is 8.42 Å². The number of sulfonamides is 1. The van der Waals surface area contributed by atoms with Crippen LogP contribution in [0.4, 0.5) is 5.69 Å². The number of hydrogen-bond acceptors (Lipinski definition) is 6. The van der Waals surface area contributed by atoms with E-state index in [0.717, 1.165) is 43.0 Å². The SMILES string of the molecule is Cc1noc(C)c1S(=O)(=O)Nc1cccc(-c2nnc3n2CCCCC3)c1. The van der Waals surface area contributed by atoms with Crippen LogP contribution < -0.4 is 4.72 Å². The molecule has 1 aliphatic heterocycles. The van der Waals surface area contributed by atoms with Crippen molar-refractivity contribution in [2.75, 3.05) is 4.72 Å². The molecule has 4 rings (SSSR count). The Morgan fingerprint density at radius 2 is 2.00 bits per heavy atom. The van der Waals surface area contributed by atoms with Crippen molar-refractivity contribution in [1.82, 2.24) is 19.9 Å². The van der Waals surface area contributed by atoms with E-state index in [0.29, 0.717) is 11.4 Å². The molecule has 0 radical (unpaired) electrons. The van der Waals surface area contributed by atoms with Gasteiger partial charge in [0, 0.05) is 24.2 Å². The number of nitrogens with one attached hydrogen (secondary N) is 1. The molecule has 0 amide bonds. The predicted molar refractivity (Wildman–Crippen MR) is 99.8 cm³/mol.